The van der Waals surface area contributed by atoms with E-state index in [9.17, 15) is 0 Å². The van der Waals surface area contributed by atoms with Crippen LogP contribution in [0.3, 0.4) is 0 Å². The number of ether oxygens (including phenoxy) is 1. The summed E-state index contributed by atoms with van der Waals surface area (Å²) in [6.07, 6.45) is 12.8. The van der Waals surface area contributed by atoms with Crippen molar-refractivity contribution in [1.29, 1.82) is 0 Å². The molecule has 1 atom stereocenters. The summed E-state index contributed by atoms with van der Waals surface area (Å²) in [5.74, 6) is 2.79. The predicted octanol–water partition coefficient (Wildman–Crippen LogP) is 9.50. The fourth-order valence-corrected chi connectivity index (χ4v) is 8.88. The Bertz CT molecular complexity index is 1930. The maximum absolute atomic E-state index is 6.63. The molecule has 3 heterocycles. The molecule has 49 heavy (non-hydrogen) atoms. The first kappa shape index (κ1) is 32.3. The van der Waals surface area contributed by atoms with Gasteiger partial charge in [0.15, 0.2) is 0 Å². The Kier molecular flexibility index (Phi) is 8.82. The summed E-state index contributed by atoms with van der Waals surface area (Å²) in [6.45, 7) is 5.39. The zero-order valence-electron chi connectivity index (χ0n) is 28.1. The van der Waals surface area contributed by atoms with E-state index in [0.717, 1.165) is 49.3 Å². The van der Waals surface area contributed by atoms with Gasteiger partial charge in [0.1, 0.15) is 5.82 Å². The number of pyridine rings is 2. The molecule has 4 aliphatic rings. The van der Waals surface area contributed by atoms with Crippen LogP contribution in [0, 0.1) is 18.2 Å². The number of hydrogen-bond donors (Lipinski definition) is 0. The first-order chi connectivity index (χ1) is 23.6. The standard InChI is InChI=1S/C43H42N4O.Pt/c1-30-28-46(37-16-6-3-7-17-37)29-47(30)40-22-36(31-11-4-2-5-12-31)23-41(45-40)48-38-18-10-15-32(21-38)42-39-27-43(26-35(39)19-20-44-42)24-33-13-8-9-14-34(33)25-43;/h3,6-10,13-20,22-23,29-31H,2,4-5,11-12,24-28H2,1H3;/q-2;+2. The van der Waals surface area contributed by atoms with Crippen molar-refractivity contribution in [3.63, 3.8) is 0 Å². The second kappa shape index (κ2) is 13.4. The summed E-state index contributed by atoms with van der Waals surface area (Å²) >= 11 is 0. The molecule has 5 aromatic rings. The van der Waals surface area contributed by atoms with Gasteiger partial charge in [0.25, 0.3) is 0 Å². The Morgan fingerprint density at radius 3 is 2.37 bits per heavy atom. The zero-order valence-corrected chi connectivity index (χ0v) is 30.3. The summed E-state index contributed by atoms with van der Waals surface area (Å²) in [7, 11) is 0. The molecule has 0 N–H and O–H groups in total. The molecule has 2 aromatic heterocycles. The normalized spacial score (nSPS) is 19.5. The van der Waals surface area contributed by atoms with Crippen LogP contribution in [-0.2, 0) is 46.7 Å². The number of nitrogens with zero attached hydrogens (tertiary/aromatic N) is 4. The number of para-hydroxylation sites is 1. The SMILES string of the molecule is CC1CN(c2ccccc2)[CH-]N1c1cc(C2CCCCC2)cc(Oc2[c-]c(-c3nccc4c3CC3(Cc5ccccc5C3)C4)ccc2)n1.[Pt+2]. The van der Waals surface area contributed by atoms with E-state index in [1.165, 1.54) is 65.6 Å². The topological polar surface area (TPSA) is 41.5 Å². The minimum absolute atomic E-state index is 0. The minimum Gasteiger partial charge on any atom is -0.502 e. The molecule has 0 radical (unpaired) electrons. The summed E-state index contributed by atoms with van der Waals surface area (Å²) < 4.78 is 6.63. The first-order valence-electron chi connectivity index (χ1n) is 17.8. The van der Waals surface area contributed by atoms with Crippen LogP contribution in [0.25, 0.3) is 11.3 Å². The number of rotatable bonds is 6. The molecule has 3 aliphatic carbocycles. The molecule has 1 unspecified atom stereocenters. The van der Waals surface area contributed by atoms with Crippen molar-refractivity contribution in [2.75, 3.05) is 16.3 Å². The van der Waals surface area contributed by atoms with E-state index in [0.29, 0.717) is 17.5 Å². The van der Waals surface area contributed by atoms with Crippen molar-refractivity contribution < 1.29 is 25.8 Å². The Hall–Kier alpha value is -3.95. The van der Waals surface area contributed by atoms with Crippen molar-refractivity contribution >= 4 is 11.5 Å². The molecule has 250 valence electrons. The maximum atomic E-state index is 6.63. The first-order valence-corrected chi connectivity index (χ1v) is 17.8. The Balaban J connectivity index is 0.00000348. The van der Waals surface area contributed by atoms with Gasteiger partial charge in [-0.05, 0) is 109 Å². The van der Waals surface area contributed by atoms with Gasteiger partial charge >= 0.3 is 21.1 Å². The largest absolute Gasteiger partial charge is 2.00 e. The predicted molar refractivity (Wildman–Crippen MR) is 192 cm³/mol. The van der Waals surface area contributed by atoms with Crippen LogP contribution in [0.2, 0.25) is 0 Å². The van der Waals surface area contributed by atoms with Crippen molar-refractivity contribution in [3.8, 4) is 22.9 Å². The molecule has 0 amide bonds. The van der Waals surface area contributed by atoms with E-state index in [-0.39, 0.29) is 32.5 Å². The fraction of sp³-hybridized carbons (Fsp3) is 0.326. The molecule has 9 rings (SSSR count). The quantitative estimate of drug-likeness (QED) is 0.160. The maximum Gasteiger partial charge on any atom is 2.00 e. The summed E-state index contributed by atoms with van der Waals surface area (Å²) in [5, 5.41) is 0. The fourth-order valence-electron chi connectivity index (χ4n) is 8.88. The average Bonchev–Trinajstić information content (AvgIpc) is 3.81. The van der Waals surface area contributed by atoms with E-state index >= 15 is 0 Å². The molecule has 2 fully saturated rings. The molecular weight excluding hydrogens is 784 g/mol. The van der Waals surface area contributed by atoms with Gasteiger partial charge in [-0.15, -0.1) is 23.8 Å². The van der Waals surface area contributed by atoms with Gasteiger partial charge in [-0.25, -0.2) is 0 Å². The van der Waals surface area contributed by atoms with Crippen molar-refractivity contribution in [3.05, 3.63) is 138 Å². The molecule has 3 aromatic carbocycles. The van der Waals surface area contributed by atoms with E-state index in [2.05, 4.69) is 114 Å². The van der Waals surface area contributed by atoms with Gasteiger partial charge in [0, 0.05) is 36.3 Å². The summed E-state index contributed by atoms with van der Waals surface area (Å²) in [5.41, 5.74) is 10.6. The molecule has 0 bridgehead atoms. The number of aromatic nitrogens is 2. The Labute approximate surface area is 305 Å². The van der Waals surface area contributed by atoms with Gasteiger partial charge in [-0.1, -0.05) is 73.4 Å². The van der Waals surface area contributed by atoms with E-state index in [4.69, 9.17) is 14.7 Å². The zero-order chi connectivity index (χ0) is 32.1. The van der Waals surface area contributed by atoms with Gasteiger partial charge in [-0.2, -0.15) is 11.7 Å². The molecule has 1 saturated carbocycles. The van der Waals surface area contributed by atoms with E-state index in [1.54, 1.807) is 0 Å². The summed E-state index contributed by atoms with van der Waals surface area (Å²) in [4.78, 5) is 14.7. The van der Waals surface area contributed by atoms with Crippen molar-refractivity contribution in [2.24, 2.45) is 5.41 Å². The smallest absolute Gasteiger partial charge is 0.502 e. The third-order valence-electron chi connectivity index (χ3n) is 11.2. The van der Waals surface area contributed by atoms with Crippen LogP contribution >= 0.6 is 0 Å². The van der Waals surface area contributed by atoms with Gasteiger partial charge in [0.2, 0.25) is 5.88 Å². The minimum atomic E-state index is 0. The molecule has 1 spiro atoms. The Morgan fingerprint density at radius 2 is 1.57 bits per heavy atom. The number of fused-ring (bicyclic) bond motifs is 2. The molecule has 1 saturated heterocycles. The van der Waals surface area contributed by atoms with Gasteiger partial charge < -0.3 is 19.5 Å². The van der Waals surface area contributed by atoms with Gasteiger partial charge in [-0.3, -0.25) is 0 Å². The monoisotopic (exact) mass is 825 g/mol. The van der Waals surface area contributed by atoms with E-state index in [1.807, 2.05) is 12.3 Å². The Morgan fingerprint density at radius 1 is 0.816 bits per heavy atom. The third-order valence-corrected chi connectivity index (χ3v) is 11.2. The molecule has 1 aliphatic heterocycles. The molecule has 5 nitrogen and oxygen atoms in total. The molecular formula is C43H42N4OPt. The third kappa shape index (κ3) is 6.32. The summed E-state index contributed by atoms with van der Waals surface area (Å²) in [6, 6.07) is 36.4. The number of anilines is 2. The van der Waals surface area contributed by atoms with Crippen LogP contribution in [0.4, 0.5) is 11.5 Å². The van der Waals surface area contributed by atoms with Crippen LogP contribution in [0.1, 0.15) is 72.8 Å². The van der Waals surface area contributed by atoms with Crippen LogP contribution in [0.15, 0.2) is 97.2 Å². The molecule has 6 heteroatoms. The van der Waals surface area contributed by atoms with Crippen molar-refractivity contribution in [1.82, 2.24) is 9.97 Å². The van der Waals surface area contributed by atoms with Gasteiger partial charge in [0.05, 0.1) is 0 Å². The van der Waals surface area contributed by atoms with Crippen LogP contribution < -0.4 is 14.5 Å². The van der Waals surface area contributed by atoms with Crippen LogP contribution in [-0.4, -0.2) is 22.6 Å². The average molecular weight is 826 g/mol. The van der Waals surface area contributed by atoms with E-state index < -0.39 is 0 Å². The van der Waals surface area contributed by atoms with Crippen molar-refractivity contribution in [2.45, 2.75) is 76.7 Å². The number of hydrogen-bond acceptors (Lipinski definition) is 5. The second-order valence-electron chi connectivity index (χ2n) is 14.6. The van der Waals surface area contributed by atoms with Crippen LogP contribution in [0.5, 0.6) is 11.6 Å². The second-order valence-corrected chi connectivity index (χ2v) is 14.6. The number of benzene rings is 3.